The molecule has 25 heavy (non-hydrogen) atoms. The third kappa shape index (κ3) is 5.17. The van der Waals surface area contributed by atoms with Crippen molar-refractivity contribution in [2.24, 2.45) is 10.7 Å². The molecule has 0 aliphatic carbocycles. The first-order valence-corrected chi connectivity index (χ1v) is 7.24. The summed E-state index contributed by atoms with van der Waals surface area (Å²) in [4.78, 5) is 4.20. The van der Waals surface area contributed by atoms with Crippen LogP contribution in [0.4, 0.5) is 0 Å². The zero-order valence-electron chi connectivity index (χ0n) is 13.9. The van der Waals surface area contributed by atoms with Gasteiger partial charge >= 0.3 is 0 Å². The minimum atomic E-state index is 0. The smallest absolute Gasteiger partial charge is 0.166 e. The molecule has 0 aliphatic rings. The Kier molecular flexibility index (Phi) is 7.84. The maximum absolute atomic E-state index is 10.0. The summed E-state index contributed by atoms with van der Waals surface area (Å²) >= 11 is 0. The zero-order chi connectivity index (χ0) is 17.5. The van der Waals surface area contributed by atoms with Gasteiger partial charge in [-0.1, -0.05) is 18.2 Å². The Morgan fingerprint density at radius 3 is 2.08 bits per heavy atom. The molecule has 0 aliphatic heterocycles. The zero-order valence-corrected chi connectivity index (χ0v) is 14.9. The van der Waals surface area contributed by atoms with E-state index in [0.29, 0.717) is 28.3 Å². The Balaban J connectivity index is 0.00000312. The molecule has 1 radical (unpaired) electrons. The summed E-state index contributed by atoms with van der Waals surface area (Å²) in [5.74, 6) is 0.805. The van der Waals surface area contributed by atoms with Gasteiger partial charge in [-0.05, 0) is 24.3 Å². The maximum Gasteiger partial charge on any atom is 0.166 e. The third-order valence-corrected chi connectivity index (χ3v) is 3.35. The number of phenols is 2. The van der Waals surface area contributed by atoms with Crippen molar-refractivity contribution in [3.63, 3.8) is 0 Å². The summed E-state index contributed by atoms with van der Waals surface area (Å²) in [6, 6.07) is 10.3. The van der Waals surface area contributed by atoms with Crippen molar-refractivity contribution in [3.8, 4) is 23.0 Å². The molecule has 0 saturated carbocycles. The topological polar surface area (TPSA) is 97.3 Å². The molecular formula is C18H20CoN2O4. The number of phenolic OH excluding ortho intramolecular Hbond substituents is 2. The molecule has 2 rings (SSSR count). The molecule has 6 nitrogen and oxygen atoms in total. The van der Waals surface area contributed by atoms with Crippen LogP contribution in [0.2, 0.25) is 0 Å². The summed E-state index contributed by atoms with van der Waals surface area (Å²) in [5, 5.41) is 20.0. The molecule has 0 aromatic heterocycles. The monoisotopic (exact) mass is 387 g/mol. The number of ether oxygens (including phenoxy) is 2. The van der Waals surface area contributed by atoms with Gasteiger partial charge in [0.05, 0.1) is 20.8 Å². The second-order valence-electron chi connectivity index (χ2n) is 4.99. The maximum atomic E-state index is 10.0. The quantitative estimate of drug-likeness (QED) is 0.662. The molecule has 0 atom stereocenters. The largest absolute Gasteiger partial charge is 0.504 e. The van der Waals surface area contributed by atoms with Gasteiger partial charge in [-0.25, -0.2) is 0 Å². The van der Waals surface area contributed by atoms with Gasteiger partial charge in [0.2, 0.25) is 0 Å². The van der Waals surface area contributed by atoms with E-state index in [1.807, 2.05) is 0 Å². The molecule has 0 heterocycles. The van der Waals surface area contributed by atoms with Crippen molar-refractivity contribution < 1.29 is 36.5 Å². The molecule has 0 bridgehead atoms. The van der Waals surface area contributed by atoms with Gasteiger partial charge in [-0.3, -0.25) is 4.99 Å². The van der Waals surface area contributed by atoms with E-state index in [1.54, 1.807) is 42.5 Å². The number of rotatable bonds is 6. The molecule has 0 saturated heterocycles. The summed E-state index contributed by atoms with van der Waals surface area (Å²) in [6.45, 7) is 0.216. The van der Waals surface area contributed by atoms with E-state index in [2.05, 4.69) is 4.99 Å². The van der Waals surface area contributed by atoms with Crippen LogP contribution in [0.1, 0.15) is 11.1 Å². The Bertz CT molecular complexity index is 776. The molecule has 135 valence electrons. The van der Waals surface area contributed by atoms with Gasteiger partial charge in [0.25, 0.3) is 0 Å². The van der Waals surface area contributed by atoms with Crippen molar-refractivity contribution in [3.05, 3.63) is 53.2 Å². The van der Waals surface area contributed by atoms with Crippen LogP contribution in [0.5, 0.6) is 23.0 Å². The van der Waals surface area contributed by atoms with Crippen LogP contribution >= 0.6 is 0 Å². The average molecular weight is 387 g/mol. The predicted molar refractivity (Wildman–Crippen MR) is 93.9 cm³/mol. The molecule has 2 aromatic carbocycles. The number of aromatic hydroxyl groups is 2. The summed E-state index contributed by atoms with van der Waals surface area (Å²) < 4.78 is 10.1. The first-order valence-electron chi connectivity index (χ1n) is 7.24. The van der Waals surface area contributed by atoms with Crippen LogP contribution < -0.4 is 15.2 Å². The van der Waals surface area contributed by atoms with Crippen molar-refractivity contribution in [1.82, 2.24) is 0 Å². The second kappa shape index (κ2) is 9.60. The molecule has 7 heteroatoms. The van der Waals surface area contributed by atoms with E-state index >= 15 is 0 Å². The number of benzene rings is 2. The van der Waals surface area contributed by atoms with Crippen LogP contribution in [-0.2, 0) is 16.8 Å². The van der Waals surface area contributed by atoms with Gasteiger partial charge in [-0.15, -0.1) is 0 Å². The number of nitrogens with zero attached hydrogens (tertiary/aromatic N) is 1. The first-order chi connectivity index (χ1) is 11.6. The molecule has 0 unspecified atom stereocenters. The Hall–Kier alpha value is -2.64. The number of methoxy groups -OCH3 is 2. The standard InChI is InChI=1S/C18H20N2O4.Co/c1-23-15-7-3-5-12(17(15)21)9-14(19)11-20-10-13-6-4-8-16(24-2)18(13)22;/h3-10,21-22H,11,19H2,1-2H3;. The van der Waals surface area contributed by atoms with Crippen molar-refractivity contribution in [1.29, 1.82) is 0 Å². The first kappa shape index (κ1) is 20.4. The average Bonchev–Trinajstić information content (AvgIpc) is 2.58. The van der Waals surface area contributed by atoms with E-state index in [9.17, 15) is 10.2 Å². The molecular weight excluding hydrogens is 367 g/mol. The number of para-hydroxylation sites is 2. The fourth-order valence-corrected chi connectivity index (χ4v) is 2.12. The van der Waals surface area contributed by atoms with Crippen LogP contribution in [0, 0.1) is 0 Å². The van der Waals surface area contributed by atoms with Crippen molar-refractivity contribution in [2.75, 3.05) is 20.8 Å². The number of hydrogen-bond donors (Lipinski definition) is 3. The summed E-state index contributed by atoms with van der Waals surface area (Å²) in [6.07, 6.45) is 3.14. The van der Waals surface area contributed by atoms with E-state index < -0.39 is 0 Å². The van der Waals surface area contributed by atoms with E-state index in [4.69, 9.17) is 15.2 Å². The van der Waals surface area contributed by atoms with Gasteiger partial charge < -0.3 is 25.4 Å². The number of aliphatic imine (C=N–C) groups is 1. The van der Waals surface area contributed by atoms with Crippen LogP contribution in [-0.4, -0.2) is 37.2 Å². The van der Waals surface area contributed by atoms with Crippen molar-refractivity contribution in [2.45, 2.75) is 0 Å². The molecule has 2 aromatic rings. The van der Waals surface area contributed by atoms with E-state index in [0.717, 1.165) is 0 Å². The van der Waals surface area contributed by atoms with Crippen molar-refractivity contribution >= 4 is 12.3 Å². The number of hydrogen-bond acceptors (Lipinski definition) is 6. The van der Waals surface area contributed by atoms with Crippen LogP contribution in [0.3, 0.4) is 0 Å². The minimum Gasteiger partial charge on any atom is -0.504 e. The fourth-order valence-electron chi connectivity index (χ4n) is 2.12. The third-order valence-electron chi connectivity index (χ3n) is 3.35. The Morgan fingerprint density at radius 2 is 1.52 bits per heavy atom. The molecule has 0 fully saturated rings. The molecule has 0 amide bonds. The normalized spacial score (nSPS) is 11.2. The summed E-state index contributed by atoms with van der Waals surface area (Å²) in [7, 11) is 2.97. The van der Waals surface area contributed by atoms with Crippen LogP contribution in [0.25, 0.3) is 6.08 Å². The molecule has 0 spiro atoms. The summed E-state index contributed by atoms with van der Waals surface area (Å²) in [5.41, 5.74) is 7.47. The Labute approximate surface area is 156 Å². The SMILES string of the molecule is COc1cccc(C=NCC(N)=Cc2cccc(OC)c2O)c1O.[Co]. The van der Waals surface area contributed by atoms with Gasteiger partial charge in [0, 0.05) is 39.8 Å². The van der Waals surface area contributed by atoms with Crippen LogP contribution in [0.15, 0.2) is 47.1 Å². The number of nitrogens with two attached hydrogens (primary N) is 1. The van der Waals surface area contributed by atoms with E-state index in [1.165, 1.54) is 20.4 Å². The van der Waals surface area contributed by atoms with Gasteiger partial charge in [0.15, 0.2) is 23.0 Å². The van der Waals surface area contributed by atoms with Gasteiger partial charge in [-0.2, -0.15) is 0 Å². The minimum absolute atomic E-state index is 0. The molecule has 4 N–H and O–H groups in total. The van der Waals surface area contributed by atoms with E-state index in [-0.39, 0.29) is 34.8 Å². The van der Waals surface area contributed by atoms with Gasteiger partial charge in [0.1, 0.15) is 0 Å². The predicted octanol–water partition coefficient (Wildman–Crippen LogP) is 2.53. The second-order valence-corrected chi connectivity index (χ2v) is 4.99. The Morgan fingerprint density at radius 1 is 1.00 bits per heavy atom. The fraction of sp³-hybridized carbons (Fsp3) is 0.167.